The number of carbonyl (C=O) groups excluding carboxylic acids is 1. The maximum Gasteiger partial charge on any atom is 0.257 e. The van der Waals surface area contributed by atoms with Crippen LogP contribution in [0.2, 0.25) is 0 Å². The number of nitrogens with zero attached hydrogens (tertiary/aromatic N) is 1. The number of anilines is 4. The third kappa shape index (κ3) is 3.03. The molecule has 1 amide bonds. The van der Waals surface area contributed by atoms with Crippen LogP contribution in [0.25, 0.3) is 0 Å². The summed E-state index contributed by atoms with van der Waals surface area (Å²) >= 11 is 0. The minimum absolute atomic E-state index is 0.000400. The van der Waals surface area contributed by atoms with Crippen LogP contribution in [0.15, 0.2) is 21.7 Å². The van der Waals surface area contributed by atoms with Crippen molar-refractivity contribution in [1.29, 1.82) is 0 Å². The molecule has 2 rings (SSSR count). The number of carbonyl (C=O) groups is 1. The van der Waals surface area contributed by atoms with Gasteiger partial charge >= 0.3 is 0 Å². The molecule has 0 aromatic heterocycles. The lowest BCUT2D eigenvalue weighted by Crippen LogP contribution is -2.38. The molecule has 24 heavy (non-hydrogen) atoms. The van der Waals surface area contributed by atoms with Crippen LogP contribution in [0.3, 0.4) is 0 Å². The Balaban J connectivity index is 2.45. The molecule has 8 nitrogen and oxygen atoms in total. The van der Waals surface area contributed by atoms with Gasteiger partial charge in [0.05, 0.1) is 11.3 Å². The summed E-state index contributed by atoms with van der Waals surface area (Å²) in [6, 6.07) is 2.69. The number of nitrogens with two attached hydrogens (primary N) is 1. The summed E-state index contributed by atoms with van der Waals surface area (Å²) in [5.41, 5.74) is 4.96. The number of nitrogens with one attached hydrogen (secondary N) is 2. The Kier molecular flexibility index (Phi) is 4.50. The van der Waals surface area contributed by atoms with Crippen molar-refractivity contribution in [1.82, 2.24) is 4.90 Å². The summed E-state index contributed by atoms with van der Waals surface area (Å²) < 4.78 is 0. The normalized spacial score (nSPS) is 10.9. The summed E-state index contributed by atoms with van der Waals surface area (Å²) in [4.78, 5) is 36.8. The second kappa shape index (κ2) is 6.23. The lowest BCUT2D eigenvalue weighted by atomic mass is 10.1. The molecule has 0 atom stereocenters. The van der Waals surface area contributed by atoms with Crippen molar-refractivity contribution in [2.45, 2.75) is 19.9 Å². The molecule has 128 valence electrons. The number of aromatic hydroxyl groups is 1. The van der Waals surface area contributed by atoms with Gasteiger partial charge in [0.2, 0.25) is 0 Å². The number of hydrogen-bond donors (Lipinski definition) is 4. The Labute approximate surface area is 138 Å². The molecule has 0 radical (unpaired) electrons. The largest absolute Gasteiger partial charge is 0.505 e. The van der Waals surface area contributed by atoms with Crippen LogP contribution < -0.4 is 27.2 Å². The quantitative estimate of drug-likeness (QED) is 0.277. The number of phenolic OH excluding ortho intramolecular Hbond substituents is 1. The van der Waals surface area contributed by atoms with E-state index in [1.807, 2.05) is 13.8 Å². The first kappa shape index (κ1) is 17.3. The average molecular weight is 332 g/mol. The highest BCUT2D eigenvalue weighted by Crippen LogP contribution is 2.34. The number of amides is 1. The van der Waals surface area contributed by atoms with Crippen LogP contribution in [0.5, 0.6) is 5.75 Å². The molecule has 5 N–H and O–H groups in total. The predicted octanol–water partition coefficient (Wildman–Crippen LogP) is 0.836. The van der Waals surface area contributed by atoms with E-state index in [1.54, 1.807) is 14.1 Å². The lowest BCUT2D eigenvalue weighted by Gasteiger charge is -2.19. The molecule has 0 aliphatic carbocycles. The Bertz CT molecular complexity index is 864. The van der Waals surface area contributed by atoms with E-state index in [0.717, 1.165) is 0 Å². The van der Waals surface area contributed by atoms with Crippen molar-refractivity contribution in [3.8, 4) is 5.75 Å². The number of hydrogen-bond acceptors (Lipinski definition) is 7. The number of benzene rings is 1. The summed E-state index contributed by atoms with van der Waals surface area (Å²) in [6.45, 7) is 3.65. The van der Waals surface area contributed by atoms with Crippen molar-refractivity contribution in [3.63, 3.8) is 0 Å². The number of nitrogen functional groups attached to an aromatic ring is 1. The van der Waals surface area contributed by atoms with Crippen LogP contribution in [0, 0.1) is 0 Å². The topological polar surface area (TPSA) is 125 Å². The Morgan fingerprint density at radius 3 is 2.29 bits per heavy atom. The van der Waals surface area contributed by atoms with Gasteiger partial charge in [-0.3, -0.25) is 14.4 Å². The first-order valence-electron chi connectivity index (χ1n) is 7.34. The first-order chi connectivity index (χ1) is 11.1. The molecule has 0 saturated heterocycles. The van der Waals surface area contributed by atoms with E-state index in [2.05, 4.69) is 10.6 Å². The van der Waals surface area contributed by atoms with E-state index in [9.17, 15) is 19.5 Å². The predicted molar refractivity (Wildman–Crippen MR) is 93.9 cm³/mol. The van der Waals surface area contributed by atoms with Gasteiger partial charge in [-0.05, 0) is 26.0 Å². The van der Waals surface area contributed by atoms with Gasteiger partial charge < -0.3 is 26.4 Å². The fourth-order valence-corrected chi connectivity index (χ4v) is 2.23. The Hall–Kier alpha value is -3.03. The maximum absolute atomic E-state index is 12.1. The van der Waals surface area contributed by atoms with E-state index in [-0.39, 0.29) is 40.1 Å². The highest BCUT2D eigenvalue weighted by atomic mass is 16.3. The second-order valence-electron chi connectivity index (χ2n) is 6.00. The van der Waals surface area contributed by atoms with Crippen molar-refractivity contribution < 1.29 is 9.90 Å². The van der Waals surface area contributed by atoms with E-state index >= 15 is 0 Å². The van der Waals surface area contributed by atoms with Crippen molar-refractivity contribution >= 4 is 28.7 Å². The van der Waals surface area contributed by atoms with Gasteiger partial charge in [0.15, 0.2) is 5.75 Å². The van der Waals surface area contributed by atoms with Crippen LogP contribution in [0.1, 0.15) is 24.2 Å². The molecule has 0 heterocycles. The molecular weight excluding hydrogens is 312 g/mol. The van der Waals surface area contributed by atoms with Crippen molar-refractivity contribution in [2.24, 2.45) is 0 Å². The molecule has 0 saturated carbocycles. The molecule has 0 unspecified atom stereocenters. The highest BCUT2D eigenvalue weighted by molar-refractivity contribution is 6.00. The van der Waals surface area contributed by atoms with Crippen LogP contribution in [-0.2, 0) is 0 Å². The SMILES string of the molecule is CC(C)Nc1c(Nc2cc(N)cc(C(=O)N(C)C)c2O)c(=O)c1=O. The first-order valence-corrected chi connectivity index (χ1v) is 7.34. The van der Waals surface area contributed by atoms with E-state index in [1.165, 1.54) is 17.0 Å². The molecule has 2 aromatic carbocycles. The Morgan fingerprint density at radius 2 is 1.75 bits per heavy atom. The summed E-state index contributed by atoms with van der Waals surface area (Å²) in [5, 5.41) is 15.9. The third-order valence-electron chi connectivity index (χ3n) is 3.37. The average Bonchev–Trinajstić information content (AvgIpc) is 2.51. The van der Waals surface area contributed by atoms with E-state index < -0.39 is 16.8 Å². The Morgan fingerprint density at radius 1 is 1.17 bits per heavy atom. The minimum atomic E-state index is -0.694. The molecule has 0 aliphatic heterocycles. The zero-order chi connectivity index (χ0) is 18.2. The molecule has 0 aliphatic rings. The molecule has 0 fully saturated rings. The maximum atomic E-state index is 12.1. The zero-order valence-corrected chi connectivity index (χ0v) is 13.9. The van der Waals surface area contributed by atoms with Gasteiger partial charge in [-0.2, -0.15) is 0 Å². The van der Waals surface area contributed by atoms with E-state index in [0.29, 0.717) is 0 Å². The smallest absolute Gasteiger partial charge is 0.257 e. The highest BCUT2D eigenvalue weighted by Gasteiger charge is 2.24. The van der Waals surface area contributed by atoms with E-state index in [4.69, 9.17) is 5.73 Å². The standard InChI is InChI=1S/C16H20N4O4/c1-7(2)18-11-12(15(23)14(11)22)19-10-6-8(17)5-9(13(10)21)16(24)20(3)4/h5-7,18-19,21H,17H2,1-4H3. The van der Waals surface area contributed by atoms with Gasteiger partial charge in [-0.15, -0.1) is 0 Å². The molecule has 0 bridgehead atoms. The fraction of sp³-hybridized carbons (Fsp3) is 0.312. The van der Waals surface area contributed by atoms with Gasteiger partial charge in [0, 0.05) is 25.8 Å². The number of phenols is 1. The van der Waals surface area contributed by atoms with Crippen LogP contribution in [0.4, 0.5) is 22.7 Å². The summed E-state index contributed by atoms with van der Waals surface area (Å²) in [7, 11) is 3.08. The van der Waals surface area contributed by atoms with Gasteiger partial charge in [-0.1, -0.05) is 0 Å². The van der Waals surface area contributed by atoms with Gasteiger partial charge in [0.25, 0.3) is 16.8 Å². The van der Waals surface area contributed by atoms with Crippen LogP contribution >= 0.6 is 0 Å². The van der Waals surface area contributed by atoms with Gasteiger partial charge in [0.1, 0.15) is 11.4 Å². The van der Waals surface area contributed by atoms with Crippen molar-refractivity contribution in [2.75, 3.05) is 30.5 Å². The number of rotatable bonds is 5. The zero-order valence-electron chi connectivity index (χ0n) is 13.9. The molecular formula is C16H20N4O4. The summed E-state index contributed by atoms with van der Waals surface area (Å²) in [6.07, 6.45) is 0. The van der Waals surface area contributed by atoms with Gasteiger partial charge in [-0.25, -0.2) is 0 Å². The minimum Gasteiger partial charge on any atom is -0.505 e. The lowest BCUT2D eigenvalue weighted by molar-refractivity contribution is 0.0825. The summed E-state index contributed by atoms with van der Waals surface area (Å²) in [5.74, 6) is -0.778. The van der Waals surface area contributed by atoms with Crippen LogP contribution in [-0.4, -0.2) is 36.1 Å². The molecule has 0 spiro atoms. The van der Waals surface area contributed by atoms with Crippen molar-refractivity contribution in [3.05, 3.63) is 38.1 Å². The third-order valence-corrected chi connectivity index (χ3v) is 3.37. The fourth-order valence-electron chi connectivity index (χ4n) is 2.23. The molecule has 8 heteroatoms. The molecule has 2 aromatic rings. The second-order valence-corrected chi connectivity index (χ2v) is 6.00. The monoisotopic (exact) mass is 332 g/mol.